The second-order valence-corrected chi connectivity index (χ2v) is 10.7. The Morgan fingerprint density at radius 1 is 1.13 bits per heavy atom. The van der Waals surface area contributed by atoms with Crippen molar-refractivity contribution in [1.82, 2.24) is 4.57 Å². The average Bonchev–Trinajstić information content (AvgIpc) is 3.58. The Morgan fingerprint density at radius 2 is 1.95 bits per heavy atom. The van der Waals surface area contributed by atoms with Crippen LogP contribution in [-0.2, 0) is 16.1 Å². The summed E-state index contributed by atoms with van der Waals surface area (Å²) in [5.74, 6) is 0.463. The van der Waals surface area contributed by atoms with E-state index in [0.29, 0.717) is 44.3 Å². The van der Waals surface area contributed by atoms with E-state index in [4.69, 9.17) is 14.2 Å². The number of benzene rings is 2. The van der Waals surface area contributed by atoms with Crippen LogP contribution in [0.15, 0.2) is 99.8 Å². The van der Waals surface area contributed by atoms with Crippen molar-refractivity contribution in [2.24, 2.45) is 4.99 Å². The molecular formula is C30H26N2O5S2. The Labute approximate surface area is 233 Å². The number of ether oxygens (including phenoxy) is 3. The molecule has 0 spiro atoms. The Morgan fingerprint density at radius 3 is 2.67 bits per heavy atom. The zero-order chi connectivity index (χ0) is 27.4. The molecule has 5 rings (SSSR count). The molecule has 0 aliphatic carbocycles. The Hall–Kier alpha value is -4.21. The van der Waals surface area contributed by atoms with Gasteiger partial charge in [0.1, 0.15) is 13.2 Å². The quantitative estimate of drug-likeness (QED) is 0.221. The summed E-state index contributed by atoms with van der Waals surface area (Å²) in [6.07, 6.45) is 3.50. The lowest BCUT2D eigenvalue weighted by Crippen LogP contribution is -2.39. The highest BCUT2D eigenvalue weighted by Crippen LogP contribution is 2.36. The predicted molar refractivity (Wildman–Crippen MR) is 153 cm³/mol. The van der Waals surface area contributed by atoms with Crippen LogP contribution in [0, 0.1) is 0 Å². The lowest BCUT2D eigenvalue weighted by Gasteiger charge is -2.25. The van der Waals surface area contributed by atoms with Crippen LogP contribution in [0.1, 0.15) is 29.0 Å². The van der Waals surface area contributed by atoms with Gasteiger partial charge in [0, 0.05) is 4.88 Å². The van der Waals surface area contributed by atoms with Crippen LogP contribution in [0.25, 0.3) is 6.08 Å². The molecule has 0 N–H and O–H groups in total. The van der Waals surface area contributed by atoms with E-state index in [1.165, 1.54) is 11.3 Å². The van der Waals surface area contributed by atoms with Gasteiger partial charge in [-0.1, -0.05) is 66.5 Å². The van der Waals surface area contributed by atoms with Gasteiger partial charge >= 0.3 is 5.97 Å². The number of carbonyl (C=O) groups is 1. The number of methoxy groups -OCH3 is 1. The van der Waals surface area contributed by atoms with Crippen LogP contribution >= 0.6 is 22.7 Å². The first-order valence-corrected chi connectivity index (χ1v) is 13.9. The van der Waals surface area contributed by atoms with Crippen LogP contribution in [-0.4, -0.2) is 24.3 Å². The molecule has 2 aromatic heterocycles. The fourth-order valence-electron chi connectivity index (χ4n) is 4.32. The van der Waals surface area contributed by atoms with Crippen molar-refractivity contribution in [3.63, 3.8) is 0 Å². The maximum absolute atomic E-state index is 13.8. The molecule has 198 valence electrons. The Kier molecular flexibility index (Phi) is 7.90. The summed E-state index contributed by atoms with van der Waals surface area (Å²) < 4.78 is 19.1. The number of hydrogen-bond acceptors (Lipinski definition) is 8. The summed E-state index contributed by atoms with van der Waals surface area (Å²) in [7, 11) is 1.54. The number of carbonyl (C=O) groups excluding carboxylic acids is 1. The lowest BCUT2D eigenvalue weighted by atomic mass is 9.95. The smallest absolute Gasteiger partial charge is 0.338 e. The van der Waals surface area contributed by atoms with Crippen LogP contribution < -0.4 is 24.4 Å². The number of rotatable bonds is 9. The van der Waals surface area contributed by atoms with Gasteiger partial charge in [-0.3, -0.25) is 9.36 Å². The number of allylic oxidation sites excluding steroid dienone is 1. The van der Waals surface area contributed by atoms with Crippen LogP contribution in [0.3, 0.4) is 0 Å². The summed E-state index contributed by atoms with van der Waals surface area (Å²) in [6.45, 7) is 5.87. The summed E-state index contributed by atoms with van der Waals surface area (Å²) in [4.78, 5) is 33.5. The van der Waals surface area contributed by atoms with Crippen molar-refractivity contribution >= 4 is 34.7 Å². The second-order valence-electron chi connectivity index (χ2n) is 8.67. The minimum Gasteiger partial charge on any atom is -0.493 e. The minimum absolute atomic E-state index is 0.101. The third-order valence-electron chi connectivity index (χ3n) is 6.13. The van der Waals surface area contributed by atoms with Gasteiger partial charge in [0.05, 0.1) is 29.0 Å². The average molecular weight is 559 g/mol. The second kappa shape index (κ2) is 11.7. The number of hydrogen-bond donors (Lipinski definition) is 0. The van der Waals surface area contributed by atoms with Crippen molar-refractivity contribution in [2.75, 3.05) is 13.7 Å². The molecule has 7 nitrogen and oxygen atoms in total. The zero-order valence-electron chi connectivity index (χ0n) is 21.5. The molecule has 2 aromatic carbocycles. The summed E-state index contributed by atoms with van der Waals surface area (Å²) >= 11 is 2.84. The molecule has 1 atom stereocenters. The van der Waals surface area contributed by atoms with Gasteiger partial charge < -0.3 is 14.2 Å². The number of thiophene rings is 1. The fraction of sp³-hybridized carbons (Fsp3) is 0.167. The molecule has 0 saturated carbocycles. The van der Waals surface area contributed by atoms with Crippen LogP contribution in [0.4, 0.5) is 0 Å². The number of nitrogens with zero attached hydrogens (tertiary/aromatic N) is 2. The number of thiazole rings is 1. The number of fused-ring (bicyclic) bond motifs is 1. The van der Waals surface area contributed by atoms with Crippen molar-refractivity contribution < 1.29 is 19.0 Å². The van der Waals surface area contributed by atoms with E-state index < -0.39 is 12.0 Å². The van der Waals surface area contributed by atoms with Gasteiger partial charge in [0.2, 0.25) is 0 Å². The van der Waals surface area contributed by atoms with Gasteiger partial charge in [-0.15, -0.1) is 11.3 Å². The van der Waals surface area contributed by atoms with Crippen molar-refractivity contribution in [3.05, 3.63) is 126 Å². The molecule has 4 aromatic rings. The largest absolute Gasteiger partial charge is 0.493 e. The molecule has 3 heterocycles. The maximum Gasteiger partial charge on any atom is 0.338 e. The number of esters is 1. The summed E-state index contributed by atoms with van der Waals surface area (Å²) in [5.41, 5.74) is 2.09. The molecular weight excluding hydrogens is 532 g/mol. The molecule has 39 heavy (non-hydrogen) atoms. The first-order chi connectivity index (χ1) is 19.0. The molecule has 1 aliphatic rings. The zero-order valence-corrected chi connectivity index (χ0v) is 23.1. The van der Waals surface area contributed by atoms with E-state index in [-0.39, 0.29) is 12.2 Å². The molecule has 0 radical (unpaired) electrons. The molecule has 0 amide bonds. The third-order valence-corrected chi connectivity index (χ3v) is 7.93. The third kappa shape index (κ3) is 5.50. The molecule has 9 heteroatoms. The minimum atomic E-state index is -0.766. The monoisotopic (exact) mass is 558 g/mol. The standard InChI is InChI=1S/C30H26N2O5S2/c1-4-14-36-23-13-12-21(16-24(23)35-3)27-26(29(34)37-18-20-9-6-5-7-10-20)19(2)31-30-32(27)28(33)25(39-30)17-22-11-8-15-38-22/h4-13,15-17,27H,1,14,18H2,2-3H3/b25-17-. The van der Waals surface area contributed by atoms with Gasteiger partial charge in [0.15, 0.2) is 16.3 Å². The van der Waals surface area contributed by atoms with Gasteiger partial charge in [0.25, 0.3) is 5.56 Å². The van der Waals surface area contributed by atoms with Crippen molar-refractivity contribution in [2.45, 2.75) is 19.6 Å². The molecule has 0 bridgehead atoms. The highest BCUT2D eigenvalue weighted by atomic mass is 32.1. The summed E-state index contributed by atoms with van der Waals surface area (Å²) in [5, 5.41) is 1.96. The fourth-order valence-corrected chi connectivity index (χ4v) is 6.09. The van der Waals surface area contributed by atoms with E-state index in [2.05, 4.69) is 11.6 Å². The summed E-state index contributed by atoms with van der Waals surface area (Å²) in [6, 6.07) is 17.9. The molecule has 0 saturated heterocycles. The first-order valence-electron chi connectivity index (χ1n) is 12.2. The molecule has 1 unspecified atom stereocenters. The number of aromatic nitrogens is 1. The van der Waals surface area contributed by atoms with Crippen LogP contribution in [0.2, 0.25) is 0 Å². The van der Waals surface area contributed by atoms with Crippen molar-refractivity contribution in [3.8, 4) is 11.5 Å². The van der Waals surface area contributed by atoms with Gasteiger partial charge in [-0.25, -0.2) is 9.79 Å². The van der Waals surface area contributed by atoms with Gasteiger partial charge in [-0.2, -0.15) is 0 Å². The van der Waals surface area contributed by atoms with E-state index in [9.17, 15) is 9.59 Å². The van der Waals surface area contributed by atoms with E-state index in [1.54, 1.807) is 48.1 Å². The Balaban J connectivity index is 1.63. The topological polar surface area (TPSA) is 79.1 Å². The first kappa shape index (κ1) is 26.4. The van der Waals surface area contributed by atoms with Crippen LogP contribution in [0.5, 0.6) is 11.5 Å². The van der Waals surface area contributed by atoms with E-state index >= 15 is 0 Å². The Bertz CT molecular complexity index is 1720. The maximum atomic E-state index is 13.8. The highest BCUT2D eigenvalue weighted by Gasteiger charge is 2.34. The normalized spacial score (nSPS) is 14.9. The molecule has 1 aliphatic heterocycles. The SMILES string of the molecule is C=CCOc1ccc(C2C(C(=O)OCc3ccccc3)=C(C)N=c3s/c(=C\c4cccs4)c(=O)n32)cc1OC. The van der Waals surface area contributed by atoms with E-state index in [1.807, 2.05) is 60.0 Å². The lowest BCUT2D eigenvalue weighted by molar-refractivity contribution is -0.140. The van der Waals surface area contributed by atoms with E-state index in [0.717, 1.165) is 10.4 Å². The predicted octanol–water partition coefficient (Wildman–Crippen LogP) is 4.61. The van der Waals surface area contributed by atoms with Gasteiger partial charge in [-0.05, 0) is 47.7 Å². The molecule has 0 fully saturated rings. The highest BCUT2D eigenvalue weighted by molar-refractivity contribution is 7.11. The van der Waals surface area contributed by atoms with Crippen molar-refractivity contribution in [1.29, 1.82) is 0 Å².